The van der Waals surface area contributed by atoms with Gasteiger partial charge in [-0.2, -0.15) is 0 Å². The smallest absolute Gasteiger partial charge is 0.256 e. The third-order valence-electron chi connectivity index (χ3n) is 6.67. The molecule has 7 nitrogen and oxygen atoms in total. The lowest BCUT2D eigenvalue weighted by Crippen LogP contribution is -2.41. The monoisotopic (exact) mass is 430 g/mol. The predicted octanol–water partition coefficient (Wildman–Crippen LogP) is 3.94. The first kappa shape index (κ1) is 21.0. The first-order valence-corrected chi connectivity index (χ1v) is 11.8. The van der Waals surface area contributed by atoms with Gasteiger partial charge in [0.15, 0.2) is 0 Å². The Balaban J connectivity index is 1.30. The van der Waals surface area contributed by atoms with Crippen molar-refractivity contribution in [1.82, 2.24) is 20.8 Å². The zero-order valence-corrected chi connectivity index (χ0v) is 18.5. The van der Waals surface area contributed by atoms with Crippen molar-refractivity contribution in [2.24, 2.45) is 17.8 Å². The van der Waals surface area contributed by atoms with Crippen LogP contribution in [-0.2, 0) is 4.79 Å². The summed E-state index contributed by atoms with van der Waals surface area (Å²) in [6.07, 6.45) is 9.12. The Morgan fingerprint density at radius 2 is 1.97 bits per heavy atom. The molecular formula is C22H30N4O3S. The van der Waals surface area contributed by atoms with Crippen LogP contribution in [0.2, 0.25) is 0 Å². The number of aromatic nitrogens is 2. The highest BCUT2D eigenvalue weighted by Gasteiger charge is 2.34. The third-order valence-corrected chi connectivity index (χ3v) is 7.52. The van der Waals surface area contributed by atoms with Crippen LogP contribution in [0.5, 0.6) is 0 Å². The van der Waals surface area contributed by atoms with Crippen LogP contribution >= 0.6 is 11.3 Å². The molecule has 2 amide bonds. The van der Waals surface area contributed by atoms with Crippen molar-refractivity contribution in [3.63, 3.8) is 0 Å². The van der Waals surface area contributed by atoms with Gasteiger partial charge in [0.2, 0.25) is 5.91 Å². The molecule has 1 atom stereocenters. The van der Waals surface area contributed by atoms with Gasteiger partial charge in [-0.1, -0.05) is 11.6 Å². The highest BCUT2D eigenvalue weighted by molar-refractivity contribution is 7.09. The molecule has 2 fully saturated rings. The van der Waals surface area contributed by atoms with Crippen molar-refractivity contribution in [3.05, 3.63) is 33.6 Å². The lowest BCUT2D eigenvalue weighted by atomic mass is 9.78. The quantitative estimate of drug-likeness (QED) is 0.693. The van der Waals surface area contributed by atoms with E-state index in [0.29, 0.717) is 35.4 Å². The van der Waals surface area contributed by atoms with Gasteiger partial charge in [0.05, 0.1) is 11.7 Å². The topological polar surface area (TPSA) is 97.1 Å². The maximum absolute atomic E-state index is 12.6. The van der Waals surface area contributed by atoms with Gasteiger partial charge in [0, 0.05) is 24.0 Å². The number of carbonyl (C=O) groups excluding carboxylic acids is 2. The molecule has 8 heteroatoms. The van der Waals surface area contributed by atoms with Crippen molar-refractivity contribution in [1.29, 1.82) is 0 Å². The van der Waals surface area contributed by atoms with Crippen LogP contribution < -0.4 is 10.6 Å². The van der Waals surface area contributed by atoms with Crippen LogP contribution in [0.15, 0.2) is 16.1 Å². The van der Waals surface area contributed by atoms with Gasteiger partial charge in [-0.25, -0.2) is 4.98 Å². The molecule has 30 heavy (non-hydrogen) atoms. The zero-order chi connectivity index (χ0) is 21.1. The SMILES string of the molecule is Cc1noc(C)c1C(=O)NCC1CCC([C@H](NC(=O)C2CCC2)c2nccs2)CC1. The van der Waals surface area contributed by atoms with Crippen molar-refractivity contribution in [2.75, 3.05) is 6.54 Å². The summed E-state index contributed by atoms with van der Waals surface area (Å²) in [6.45, 7) is 4.20. The Bertz CT molecular complexity index is 848. The molecular weight excluding hydrogens is 400 g/mol. The van der Waals surface area contributed by atoms with E-state index in [1.54, 1.807) is 25.2 Å². The number of carbonyl (C=O) groups is 2. The Labute approximate surface area is 181 Å². The molecule has 0 aliphatic heterocycles. The minimum atomic E-state index is -0.109. The van der Waals surface area contributed by atoms with E-state index < -0.39 is 0 Å². The van der Waals surface area contributed by atoms with Gasteiger partial charge < -0.3 is 15.2 Å². The molecule has 0 saturated heterocycles. The number of nitrogens with zero attached hydrogens (tertiary/aromatic N) is 2. The molecule has 4 rings (SSSR count). The molecule has 0 bridgehead atoms. The van der Waals surface area contributed by atoms with E-state index in [0.717, 1.165) is 50.0 Å². The van der Waals surface area contributed by atoms with Crippen LogP contribution in [0.4, 0.5) is 0 Å². The number of aryl methyl sites for hydroxylation is 2. The fourth-order valence-corrected chi connectivity index (χ4v) is 5.35. The first-order chi connectivity index (χ1) is 14.5. The number of rotatable bonds is 7. The summed E-state index contributed by atoms with van der Waals surface area (Å²) < 4.78 is 5.09. The normalized spacial score (nSPS) is 22.9. The Kier molecular flexibility index (Phi) is 6.51. The molecule has 0 aromatic carbocycles. The number of hydrogen-bond acceptors (Lipinski definition) is 6. The number of thiazole rings is 1. The highest BCUT2D eigenvalue weighted by Crippen LogP contribution is 2.38. The Hall–Kier alpha value is -2.22. The van der Waals surface area contributed by atoms with E-state index in [4.69, 9.17) is 4.52 Å². The second-order valence-corrected chi connectivity index (χ2v) is 9.60. The Morgan fingerprint density at radius 3 is 2.53 bits per heavy atom. The maximum atomic E-state index is 12.6. The van der Waals surface area contributed by atoms with Crippen LogP contribution in [-0.4, -0.2) is 28.5 Å². The predicted molar refractivity (Wildman–Crippen MR) is 114 cm³/mol. The number of hydrogen-bond donors (Lipinski definition) is 2. The lowest BCUT2D eigenvalue weighted by molar-refractivity contribution is -0.128. The van der Waals surface area contributed by atoms with Gasteiger partial charge in [-0.05, 0) is 64.2 Å². The molecule has 162 valence electrons. The minimum Gasteiger partial charge on any atom is -0.361 e. The van der Waals surface area contributed by atoms with Crippen LogP contribution in [0.25, 0.3) is 0 Å². The molecule has 2 saturated carbocycles. The van der Waals surface area contributed by atoms with E-state index in [2.05, 4.69) is 20.8 Å². The van der Waals surface area contributed by atoms with Crippen molar-refractivity contribution >= 4 is 23.2 Å². The van der Waals surface area contributed by atoms with Crippen LogP contribution in [0, 0.1) is 31.6 Å². The van der Waals surface area contributed by atoms with Gasteiger partial charge in [-0.15, -0.1) is 11.3 Å². The third kappa shape index (κ3) is 4.58. The second kappa shape index (κ2) is 9.29. The summed E-state index contributed by atoms with van der Waals surface area (Å²) in [6, 6.07) is 0.0101. The summed E-state index contributed by atoms with van der Waals surface area (Å²) >= 11 is 1.62. The fraction of sp³-hybridized carbons (Fsp3) is 0.636. The van der Waals surface area contributed by atoms with Gasteiger partial charge in [0.1, 0.15) is 16.3 Å². The molecule has 0 radical (unpaired) electrons. The van der Waals surface area contributed by atoms with E-state index in [1.807, 2.05) is 11.6 Å². The van der Waals surface area contributed by atoms with Crippen molar-refractivity contribution in [2.45, 2.75) is 64.8 Å². The molecule has 2 heterocycles. The molecule has 2 aromatic rings. The van der Waals surface area contributed by atoms with Crippen molar-refractivity contribution < 1.29 is 14.1 Å². The van der Waals surface area contributed by atoms with E-state index >= 15 is 0 Å². The van der Waals surface area contributed by atoms with Crippen LogP contribution in [0.3, 0.4) is 0 Å². The summed E-state index contributed by atoms with van der Waals surface area (Å²) in [5, 5.41) is 13.2. The number of nitrogens with one attached hydrogen (secondary N) is 2. The zero-order valence-electron chi connectivity index (χ0n) is 17.6. The van der Waals surface area contributed by atoms with Crippen molar-refractivity contribution in [3.8, 4) is 0 Å². The van der Waals surface area contributed by atoms with E-state index in [9.17, 15) is 9.59 Å². The van der Waals surface area contributed by atoms with E-state index in [1.165, 1.54) is 0 Å². The molecule has 0 unspecified atom stereocenters. The van der Waals surface area contributed by atoms with Crippen LogP contribution in [0.1, 0.15) is 77.8 Å². The standard InChI is InChI=1S/C22H30N4O3S/c1-13-18(14(2)29-26-13)21(28)24-12-15-6-8-16(9-7-15)19(22-23-10-11-30-22)25-20(27)17-4-3-5-17/h10-11,15-17,19H,3-9,12H2,1-2H3,(H,24,28)(H,25,27)/t15?,16?,19-/m0/s1. The lowest BCUT2D eigenvalue weighted by Gasteiger charge is -2.35. The molecule has 2 aromatic heterocycles. The summed E-state index contributed by atoms with van der Waals surface area (Å²) in [5.74, 6) is 1.67. The van der Waals surface area contributed by atoms with Gasteiger partial charge in [0.25, 0.3) is 5.91 Å². The molecule has 2 N–H and O–H groups in total. The second-order valence-electron chi connectivity index (χ2n) is 8.67. The van der Waals surface area contributed by atoms with Gasteiger partial charge in [-0.3, -0.25) is 9.59 Å². The van der Waals surface area contributed by atoms with Gasteiger partial charge >= 0.3 is 0 Å². The maximum Gasteiger partial charge on any atom is 0.256 e. The fourth-order valence-electron chi connectivity index (χ4n) is 4.57. The first-order valence-electron chi connectivity index (χ1n) is 10.9. The summed E-state index contributed by atoms with van der Waals surface area (Å²) in [4.78, 5) is 29.6. The minimum absolute atomic E-state index is 0.0101. The molecule has 2 aliphatic rings. The molecule has 2 aliphatic carbocycles. The average molecular weight is 431 g/mol. The number of amides is 2. The largest absolute Gasteiger partial charge is 0.361 e. The summed E-state index contributed by atoms with van der Waals surface area (Å²) in [5.41, 5.74) is 1.17. The molecule has 0 spiro atoms. The highest BCUT2D eigenvalue weighted by atomic mass is 32.1. The summed E-state index contributed by atoms with van der Waals surface area (Å²) in [7, 11) is 0. The average Bonchev–Trinajstić information content (AvgIpc) is 3.33. The Morgan fingerprint density at radius 1 is 1.20 bits per heavy atom. The van der Waals surface area contributed by atoms with E-state index in [-0.39, 0.29) is 23.8 Å².